The zero-order valence-corrected chi connectivity index (χ0v) is 61.1. The summed E-state index contributed by atoms with van der Waals surface area (Å²) in [5.41, 5.74) is 3.06. The number of fused-ring (bicyclic) bond motifs is 4. The Bertz CT molecular complexity index is 4040. The molecule has 0 radical (unpaired) electrons. The molecule has 0 atom stereocenters. The summed E-state index contributed by atoms with van der Waals surface area (Å²) < 4.78 is 128. The van der Waals surface area contributed by atoms with Crippen LogP contribution in [0.5, 0.6) is 11.5 Å². The molecule has 0 bridgehead atoms. The van der Waals surface area contributed by atoms with Crippen molar-refractivity contribution in [3.63, 3.8) is 0 Å². The summed E-state index contributed by atoms with van der Waals surface area (Å²) in [5.74, 6) is 0.569. The Kier molecular flexibility index (Phi) is 40.2. The van der Waals surface area contributed by atoms with Crippen molar-refractivity contribution in [2.75, 3.05) is 140 Å². The first kappa shape index (κ1) is 83.6. The third-order valence-electron chi connectivity index (χ3n) is 12.6. The Morgan fingerprint density at radius 2 is 0.726 bits per heavy atom. The van der Waals surface area contributed by atoms with Crippen LogP contribution in [0.4, 0.5) is 0 Å². The number of benzene rings is 7. The van der Waals surface area contributed by atoms with Crippen molar-refractivity contribution in [3.8, 4) is 11.5 Å². The van der Waals surface area contributed by atoms with E-state index in [-0.39, 0.29) is 89.0 Å². The first-order chi connectivity index (χ1) is 45.1. The molecule has 7 aromatic carbocycles. The van der Waals surface area contributed by atoms with E-state index >= 15 is 0 Å². The summed E-state index contributed by atoms with van der Waals surface area (Å²) in [6.45, 7) is 11.7. The number of rotatable bonds is 29. The van der Waals surface area contributed by atoms with E-state index in [4.69, 9.17) is 51.4 Å². The van der Waals surface area contributed by atoms with Gasteiger partial charge in [0.25, 0.3) is 20.2 Å². The molecule has 9 aromatic rings. The van der Waals surface area contributed by atoms with Gasteiger partial charge in [-0.3, -0.25) is 18.0 Å². The number of hydrogen-bond donors (Lipinski definition) is 1. The van der Waals surface area contributed by atoms with Gasteiger partial charge in [-0.25, -0.2) is 8.42 Å². The Morgan fingerprint density at radius 3 is 1.12 bits per heavy atom. The summed E-state index contributed by atoms with van der Waals surface area (Å²) in [4.78, 5) is 25.4. The summed E-state index contributed by atoms with van der Waals surface area (Å²) in [7, 11) is -3.99. The molecule has 95 heavy (non-hydrogen) atoms. The van der Waals surface area contributed by atoms with Gasteiger partial charge in [0.1, 0.15) is 12.4 Å². The van der Waals surface area contributed by atoms with Gasteiger partial charge in [0.05, 0.1) is 114 Å². The van der Waals surface area contributed by atoms with Gasteiger partial charge in [0, 0.05) is 75.0 Å². The molecule has 1 N–H and O–H groups in total. The topological polar surface area (TPSA) is 281 Å². The van der Waals surface area contributed by atoms with Crippen LogP contribution in [0.2, 0.25) is 0 Å². The van der Waals surface area contributed by atoms with Crippen LogP contribution in [0.1, 0.15) is 16.7 Å². The van der Waals surface area contributed by atoms with Crippen LogP contribution in [0, 0.1) is 20.8 Å². The van der Waals surface area contributed by atoms with Crippen LogP contribution in [0.15, 0.2) is 182 Å². The maximum absolute atomic E-state index is 12.6. The molecular formula is C68H83NaO21S5. The van der Waals surface area contributed by atoms with Crippen LogP contribution in [-0.2, 0) is 76.3 Å². The fraction of sp³-hybridized carbons (Fsp3) is 0.353. The standard InChI is InChI=1S/C18H18O4S.C13H8O2S.2C12H18O5S.C8H10O2S.C5H12O3.Na/c1-20-8-9-21-10-11-22-13-6-7-17-15(12-13)18(19)14-4-2-3-5-16(14)23-17;14-8-5-6-12-10(7-8)13(15)9-3-1-2-4-11(9)16-12;2*1-11-3-5-12(6-4-11)18(13,14)17-10-9-16-8-7-15-2;1-7-3-5-8(6-4-7)11(2,9)10;1-7-4-5-8-3-2-6;/h2-7,12H,8-11H2,1H3;1-7,14H;2*3-6H,7-10H2,1-2H3;3-6H,1-2H3;6H,2-5H2,1H3;/q;;;;;;+1/p-1. The molecule has 0 aliphatic heterocycles. The van der Waals surface area contributed by atoms with E-state index in [1.165, 1.54) is 54.0 Å². The second-order valence-corrected chi connectivity index (χ2v) is 27.3. The van der Waals surface area contributed by atoms with Crippen LogP contribution in [-0.4, -0.2) is 171 Å². The average Bonchev–Trinajstić information content (AvgIpc) is 0.791. The van der Waals surface area contributed by atoms with Crippen LogP contribution in [0.25, 0.3) is 40.3 Å². The average molecular weight is 1420 g/mol. The van der Waals surface area contributed by atoms with E-state index in [0.717, 1.165) is 40.9 Å². The summed E-state index contributed by atoms with van der Waals surface area (Å²) in [6.07, 6.45) is 1.21. The smallest absolute Gasteiger partial charge is 0.872 e. The number of sulfone groups is 1. The van der Waals surface area contributed by atoms with Gasteiger partial charge in [-0.05, 0) is 106 Å². The minimum Gasteiger partial charge on any atom is -0.872 e. The summed E-state index contributed by atoms with van der Waals surface area (Å²) in [5, 5.41) is 22.1. The van der Waals surface area contributed by atoms with Gasteiger partial charge in [0.2, 0.25) is 0 Å². The number of aliphatic hydroxyl groups excluding tert-OH is 1. The van der Waals surface area contributed by atoms with E-state index in [2.05, 4.69) is 4.74 Å². The molecule has 0 saturated carbocycles. The second-order valence-electron chi connectivity index (χ2n) is 19.9. The molecule has 2 aromatic heterocycles. The Morgan fingerprint density at radius 1 is 0.389 bits per heavy atom. The van der Waals surface area contributed by atoms with Crippen molar-refractivity contribution < 1.29 is 116 Å². The largest absolute Gasteiger partial charge is 1.00 e. The van der Waals surface area contributed by atoms with Gasteiger partial charge >= 0.3 is 29.6 Å². The third-order valence-corrected chi connectivity index (χ3v) is 18.6. The van der Waals surface area contributed by atoms with Crippen molar-refractivity contribution in [1.82, 2.24) is 0 Å². The SMILES string of the molecule is COCCOCCO.COCCOCCOS(=O)(=O)c1ccc(C)cc1.COCCOCCOS(=O)(=O)c1ccc(C)cc1.COCCOCCOc1ccc2sc3ccccc3c(=O)c2c1.Cc1ccc(S(C)(=O)=O)cc1.O=c1c2ccccc2sc2ccc([O-])cc12.[Na+]. The molecule has 2 heterocycles. The third kappa shape index (κ3) is 31.2. The van der Waals surface area contributed by atoms with Crippen LogP contribution < -0.4 is 50.3 Å². The molecule has 21 nitrogen and oxygen atoms in total. The molecule has 27 heteroatoms. The number of methoxy groups -OCH3 is 4. The Labute approximate surface area is 586 Å². The van der Waals surface area contributed by atoms with Crippen molar-refractivity contribution in [2.24, 2.45) is 0 Å². The van der Waals surface area contributed by atoms with Gasteiger partial charge in [-0.1, -0.05) is 89.5 Å². The van der Waals surface area contributed by atoms with E-state index in [1.54, 1.807) is 100 Å². The van der Waals surface area contributed by atoms with Crippen molar-refractivity contribution in [1.29, 1.82) is 0 Å². The van der Waals surface area contributed by atoms with E-state index in [9.17, 15) is 39.9 Å². The molecule has 9 rings (SSSR count). The summed E-state index contributed by atoms with van der Waals surface area (Å²) in [6, 6.07) is 45.2. The van der Waals surface area contributed by atoms with Crippen molar-refractivity contribution in [3.05, 3.63) is 195 Å². The maximum Gasteiger partial charge on any atom is 1.00 e. The van der Waals surface area contributed by atoms with Crippen molar-refractivity contribution >= 4 is 93.1 Å². The predicted molar refractivity (Wildman–Crippen MR) is 367 cm³/mol. The molecule has 512 valence electrons. The predicted octanol–water partition coefficient (Wildman–Crippen LogP) is 6.72. The fourth-order valence-corrected chi connectivity index (χ4v) is 12.2. The fourth-order valence-electron chi connectivity index (χ4n) is 7.65. The van der Waals surface area contributed by atoms with E-state index < -0.39 is 30.1 Å². The molecule has 0 aliphatic carbocycles. The summed E-state index contributed by atoms with van der Waals surface area (Å²) >= 11 is 3.15. The zero-order chi connectivity index (χ0) is 68.8. The first-order valence-corrected chi connectivity index (χ1v) is 35.7. The quantitative estimate of drug-likeness (QED) is 0.0220. The number of ether oxygens (including phenoxy) is 9. The second kappa shape index (κ2) is 45.8. The van der Waals surface area contributed by atoms with E-state index in [1.807, 2.05) is 81.4 Å². The normalized spacial score (nSPS) is 11.1. The Hall–Kier alpha value is -5.67. The van der Waals surface area contributed by atoms with Gasteiger partial charge in [0.15, 0.2) is 20.7 Å². The first-order valence-electron chi connectivity index (χ1n) is 29.4. The van der Waals surface area contributed by atoms with Crippen molar-refractivity contribution in [2.45, 2.75) is 35.5 Å². The molecule has 0 spiro atoms. The number of aliphatic hydroxyl groups is 1. The zero-order valence-electron chi connectivity index (χ0n) is 55.0. The molecule has 0 unspecified atom stereocenters. The molecule has 0 saturated heterocycles. The monoisotopic (exact) mass is 1420 g/mol. The van der Waals surface area contributed by atoms with Gasteiger partial charge < -0.3 is 52.8 Å². The minimum atomic E-state index is -3.68. The van der Waals surface area contributed by atoms with Crippen LogP contribution in [0.3, 0.4) is 0 Å². The number of aryl methyl sites for hydroxylation is 3. The maximum atomic E-state index is 12.6. The molecule has 0 aliphatic rings. The van der Waals surface area contributed by atoms with Crippen LogP contribution >= 0.6 is 22.7 Å². The number of hydrogen-bond acceptors (Lipinski definition) is 23. The minimum absolute atomic E-state index is 0. The van der Waals surface area contributed by atoms with E-state index in [0.29, 0.717) is 99.5 Å². The van der Waals surface area contributed by atoms with Gasteiger partial charge in [-0.2, -0.15) is 16.8 Å². The Balaban J connectivity index is 0.000000304. The van der Waals surface area contributed by atoms with Gasteiger partial charge in [-0.15, -0.1) is 28.4 Å². The molecular weight excluding hydrogens is 1340 g/mol. The molecule has 0 fully saturated rings. The molecule has 0 amide bonds.